The summed E-state index contributed by atoms with van der Waals surface area (Å²) in [5.41, 5.74) is 12.9. The van der Waals surface area contributed by atoms with Gasteiger partial charge in [-0.15, -0.1) is 0 Å². The molecule has 0 nitrogen and oxygen atoms in total. The van der Waals surface area contributed by atoms with Crippen molar-refractivity contribution >= 4 is 22.4 Å². The summed E-state index contributed by atoms with van der Waals surface area (Å²) in [5.74, 6) is 0. The van der Waals surface area contributed by atoms with Gasteiger partial charge in [-0.2, -0.15) is 0 Å². The number of hydrogen-bond acceptors (Lipinski definition) is 0. The fraction of sp³-hybridized carbons (Fsp3) is 0.0286. The highest BCUT2D eigenvalue weighted by Crippen LogP contribution is 2.63. The molecule has 0 fully saturated rings. The molecule has 1 spiro atoms. The van der Waals surface area contributed by atoms with Gasteiger partial charge in [-0.25, -0.2) is 0 Å². The summed E-state index contributed by atoms with van der Waals surface area (Å²) < 4.78 is 0. The van der Waals surface area contributed by atoms with Crippen LogP contribution in [0.15, 0.2) is 127 Å². The van der Waals surface area contributed by atoms with Crippen molar-refractivity contribution in [1.29, 1.82) is 0 Å². The molecule has 8 rings (SSSR count). The van der Waals surface area contributed by atoms with Crippen LogP contribution in [-0.4, -0.2) is 0 Å². The maximum Gasteiger partial charge on any atom is 0.0725 e. The van der Waals surface area contributed by atoms with Crippen molar-refractivity contribution in [2.24, 2.45) is 0 Å². The third kappa shape index (κ3) is 2.45. The fourth-order valence-electron chi connectivity index (χ4n) is 6.73. The smallest absolute Gasteiger partial charge is 0.0725 e. The van der Waals surface area contributed by atoms with Gasteiger partial charge in [0.25, 0.3) is 0 Å². The summed E-state index contributed by atoms with van der Waals surface area (Å²) in [6, 6.07) is 46.6. The van der Waals surface area contributed by atoms with Crippen molar-refractivity contribution in [2.45, 2.75) is 5.41 Å². The zero-order chi connectivity index (χ0) is 23.9. The quantitative estimate of drug-likeness (QED) is 0.221. The molecule has 168 valence electrons. The lowest BCUT2D eigenvalue weighted by Gasteiger charge is -2.31. The molecular formula is C35H21Cl. The van der Waals surface area contributed by atoms with Crippen LogP contribution < -0.4 is 0 Å². The maximum atomic E-state index is 6.21. The van der Waals surface area contributed by atoms with Gasteiger partial charge in [0.15, 0.2) is 0 Å². The molecule has 1 heteroatoms. The Kier molecular flexibility index (Phi) is 4.02. The van der Waals surface area contributed by atoms with Gasteiger partial charge >= 0.3 is 0 Å². The number of benzene rings is 6. The Balaban J connectivity index is 1.53. The predicted octanol–water partition coefficient (Wildman–Crippen LogP) is 9.50. The first-order valence-electron chi connectivity index (χ1n) is 12.4. The molecule has 0 N–H and O–H groups in total. The maximum absolute atomic E-state index is 6.21. The van der Waals surface area contributed by atoms with Gasteiger partial charge in [0.05, 0.1) is 5.41 Å². The second-order valence-corrected chi connectivity index (χ2v) is 10.3. The van der Waals surface area contributed by atoms with Crippen LogP contribution in [0, 0.1) is 0 Å². The molecule has 1 unspecified atom stereocenters. The molecule has 2 aliphatic carbocycles. The normalized spacial score (nSPS) is 16.6. The Morgan fingerprint density at radius 2 is 1.08 bits per heavy atom. The Morgan fingerprint density at radius 3 is 1.92 bits per heavy atom. The molecule has 0 saturated heterocycles. The lowest BCUT2D eigenvalue weighted by atomic mass is 9.70. The number of fused-ring (bicyclic) bond motifs is 12. The molecule has 0 aromatic heterocycles. The molecule has 6 aromatic carbocycles. The zero-order valence-corrected chi connectivity index (χ0v) is 20.3. The van der Waals surface area contributed by atoms with E-state index in [1.165, 1.54) is 66.4 Å². The summed E-state index contributed by atoms with van der Waals surface area (Å²) >= 11 is 6.21. The van der Waals surface area contributed by atoms with Gasteiger partial charge in [-0.05, 0) is 84.6 Å². The van der Waals surface area contributed by atoms with E-state index in [4.69, 9.17) is 11.6 Å². The van der Waals surface area contributed by atoms with E-state index >= 15 is 0 Å². The van der Waals surface area contributed by atoms with Gasteiger partial charge in [0.1, 0.15) is 0 Å². The highest BCUT2D eigenvalue weighted by atomic mass is 35.5. The van der Waals surface area contributed by atoms with Gasteiger partial charge in [-0.3, -0.25) is 0 Å². The van der Waals surface area contributed by atoms with E-state index < -0.39 is 0 Å². The van der Waals surface area contributed by atoms with E-state index in [1.807, 2.05) is 12.1 Å². The van der Waals surface area contributed by atoms with Gasteiger partial charge in [0, 0.05) is 5.02 Å². The topological polar surface area (TPSA) is 0 Å². The SMILES string of the molecule is Clc1ccc(-c2ccc3c(c2)C2(c4ccccc4-3)c3ccccc3-c3c2ccc2ccccc32)cc1. The third-order valence-electron chi connectivity index (χ3n) is 8.16. The van der Waals surface area contributed by atoms with E-state index in [-0.39, 0.29) is 5.41 Å². The monoisotopic (exact) mass is 476 g/mol. The molecule has 0 saturated carbocycles. The van der Waals surface area contributed by atoms with Crippen molar-refractivity contribution in [1.82, 2.24) is 0 Å². The first kappa shape index (κ1) is 20.1. The molecule has 1 atom stereocenters. The highest BCUT2D eigenvalue weighted by Gasteiger charge is 2.51. The Labute approximate surface area is 215 Å². The van der Waals surface area contributed by atoms with Crippen molar-refractivity contribution in [2.75, 3.05) is 0 Å². The van der Waals surface area contributed by atoms with E-state index in [1.54, 1.807) is 0 Å². The summed E-state index contributed by atoms with van der Waals surface area (Å²) in [7, 11) is 0. The number of rotatable bonds is 1. The van der Waals surface area contributed by atoms with Crippen molar-refractivity contribution in [3.8, 4) is 33.4 Å². The molecule has 2 aliphatic rings. The molecular weight excluding hydrogens is 456 g/mol. The first-order chi connectivity index (χ1) is 17.8. The highest BCUT2D eigenvalue weighted by molar-refractivity contribution is 6.30. The standard InChI is InChI=1S/C35H21Cl/c36-25-17-13-22(14-18-25)24-15-19-28-27-9-3-5-11-30(27)35(33(28)21-24)31-12-6-4-10-29(31)34-26-8-2-1-7-23(26)16-20-32(34)35/h1-21H. The molecule has 6 aromatic rings. The number of hydrogen-bond donors (Lipinski definition) is 0. The van der Waals surface area contributed by atoms with E-state index in [0.29, 0.717) is 0 Å². The molecule has 0 radical (unpaired) electrons. The van der Waals surface area contributed by atoms with Crippen LogP contribution in [0.2, 0.25) is 5.02 Å². The van der Waals surface area contributed by atoms with Crippen molar-refractivity contribution in [3.05, 3.63) is 155 Å². The van der Waals surface area contributed by atoms with Crippen molar-refractivity contribution < 1.29 is 0 Å². The fourth-order valence-corrected chi connectivity index (χ4v) is 6.86. The van der Waals surface area contributed by atoms with Crippen LogP contribution in [0.1, 0.15) is 22.3 Å². The summed E-state index contributed by atoms with van der Waals surface area (Å²) in [6.07, 6.45) is 0. The largest absolute Gasteiger partial charge is 0.0843 e. The van der Waals surface area contributed by atoms with Crippen LogP contribution in [0.4, 0.5) is 0 Å². The Morgan fingerprint density at radius 1 is 0.444 bits per heavy atom. The van der Waals surface area contributed by atoms with Crippen LogP contribution in [0.3, 0.4) is 0 Å². The molecule has 0 bridgehead atoms. The minimum atomic E-state index is -0.343. The summed E-state index contributed by atoms with van der Waals surface area (Å²) in [5, 5.41) is 3.36. The minimum Gasteiger partial charge on any atom is -0.0843 e. The van der Waals surface area contributed by atoms with Crippen molar-refractivity contribution in [3.63, 3.8) is 0 Å². The Hall–Kier alpha value is -4.13. The lowest BCUT2D eigenvalue weighted by Crippen LogP contribution is -2.25. The van der Waals surface area contributed by atoms with Crippen LogP contribution in [-0.2, 0) is 5.41 Å². The predicted molar refractivity (Wildman–Crippen MR) is 151 cm³/mol. The van der Waals surface area contributed by atoms with Gasteiger partial charge < -0.3 is 0 Å². The summed E-state index contributed by atoms with van der Waals surface area (Å²) in [6.45, 7) is 0. The first-order valence-corrected chi connectivity index (χ1v) is 12.8. The van der Waals surface area contributed by atoms with E-state index in [0.717, 1.165) is 5.02 Å². The van der Waals surface area contributed by atoms with Gasteiger partial charge in [0.2, 0.25) is 0 Å². The third-order valence-corrected chi connectivity index (χ3v) is 8.41. The Bertz CT molecular complexity index is 1840. The zero-order valence-electron chi connectivity index (χ0n) is 19.5. The number of halogens is 1. The minimum absolute atomic E-state index is 0.343. The molecule has 0 amide bonds. The molecule has 36 heavy (non-hydrogen) atoms. The second-order valence-electron chi connectivity index (χ2n) is 9.82. The van der Waals surface area contributed by atoms with Gasteiger partial charge in [-0.1, -0.05) is 121 Å². The van der Waals surface area contributed by atoms with Crippen LogP contribution >= 0.6 is 11.6 Å². The average molecular weight is 477 g/mol. The molecule has 0 heterocycles. The van der Waals surface area contributed by atoms with E-state index in [2.05, 4.69) is 115 Å². The van der Waals surface area contributed by atoms with Crippen LogP contribution in [0.5, 0.6) is 0 Å². The molecule has 0 aliphatic heterocycles. The summed E-state index contributed by atoms with van der Waals surface area (Å²) in [4.78, 5) is 0. The second kappa shape index (κ2) is 7.20. The van der Waals surface area contributed by atoms with E-state index in [9.17, 15) is 0 Å². The average Bonchev–Trinajstić information content (AvgIpc) is 3.40. The lowest BCUT2D eigenvalue weighted by molar-refractivity contribution is 0.795. The van der Waals surface area contributed by atoms with Crippen LogP contribution in [0.25, 0.3) is 44.2 Å².